The Morgan fingerprint density at radius 1 is 0.647 bits per heavy atom. The van der Waals surface area contributed by atoms with E-state index < -0.39 is 23.1 Å². The summed E-state index contributed by atoms with van der Waals surface area (Å²) in [6, 6.07) is 13.2. The van der Waals surface area contributed by atoms with Gasteiger partial charge in [-0.25, -0.2) is 9.59 Å². The maximum atomic E-state index is 13.0. The molecule has 0 unspecified atom stereocenters. The number of amides is 2. The Kier molecular flexibility index (Phi) is 5.89. The van der Waals surface area contributed by atoms with Gasteiger partial charge in [-0.3, -0.25) is 9.59 Å². The molecule has 2 aromatic heterocycles. The highest BCUT2D eigenvalue weighted by Gasteiger charge is 2.19. The van der Waals surface area contributed by atoms with Crippen LogP contribution >= 0.6 is 0 Å². The van der Waals surface area contributed by atoms with Crippen LogP contribution in [-0.4, -0.2) is 11.8 Å². The summed E-state index contributed by atoms with van der Waals surface area (Å²) < 4.78 is 10.2. The SMILES string of the molecule is Cc1cc(=O)oc(C)c1C(=O)Nc1cccc2c(NC(=O)c3c(C)cc(=O)oc3C)cccc12. The van der Waals surface area contributed by atoms with Crippen LogP contribution < -0.4 is 21.9 Å². The topological polar surface area (TPSA) is 119 Å². The molecular formula is C26H22N2O6. The summed E-state index contributed by atoms with van der Waals surface area (Å²) in [7, 11) is 0. The minimum absolute atomic E-state index is 0.232. The number of hydrogen-bond acceptors (Lipinski definition) is 6. The van der Waals surface area contributed by atoms with Gasteiger partial charge in [0.2, 0.25) is 0 Å². The molecule has 4 rings (SSSR count). The average molecular weight is 458 g/mol. The van der Waals surface area contributed by atoms with Gasteiger partial charge >= 0.3 is 11.3 Å². The van der Waals surface area contributed by atoms with E-state index >= 15 is 0 Å². The molecule has 8 heteroatoms. The third-order valence-electron chi connectivity index (χ3n) is 5.54. The second kappa shape index (κ2) is 8.82. The lowest BCUT2D eigenvalue weighted by Crippen LogP contribution is -2.18. The van der Waals surface area contributed by atoms with E-state index in [-0.39, 0.29) is 22.6 Å². The van der Waals surface area contributed by atoms with E-state index in [2.05, 4.69) is 10.6 Å². The second-order valence-corrected chi connectivity index (χ2v) is 7.97. The Balaban J connectivity index is 1.70. The smallest absolute Gasteiger partial charge is 0.336 e. The summed E-state index contributed by atoms with van der Waals surface area (Å²) in [5.41, 5.74) is 1.64. The van der Waals surface area contributed by atoms with Crippen molar-refractivity contribution in [2.45, 2.75) is 27.7 Å². The quantitative estimate of drug-likeness (QED) is 0.465. The predicted octanol–water partition coefficient (Wildman–Crippen LogP) is 4.48. The molecule has 0 atom stereocenters. The van der Waals surface area contributed by atoms with Crippen molar-refractivity contribution in [2.75, 3.05) is 10.6 Å². The third kappa shape index (κ3) is 4.25. The molecule has 0 spiro atoms. The lowest BCUT2D eigenvalue weighted by molar-refractivity contribution is 0.101. The lowest BCUT2D eigenvalue weighted by Gasteiger charge is -2.14. The molecule has 2 N–H and O–H groups in total. The van der Waals surface area contributed by atoms with Gasteiger partial charge in [-0.05, 0) is 51.0 Å². The molecule has 0 aliphatic rings. The first kappa shape index (κ1) is 22.7. The zero-order valence-corrected chi connectivity index (χ0v) is 19.1. The van der Waals surface area contributed by atoms with Crippen molar-refractivity contribution in [1.82, 2.24) is 0 Å². The normalized spacial score (nSPS) is 10.8. The molecule has 2 amide bonds. The Morgan fingerprint density at radius 2 is 1.03 bits per heavy atom. The fourth-order valence-electron chi connectivity index (χ4n) is 4.09. The van der Waals surface area contributed by atoms with Crippen LogP contribution in [0.5, 0.6) is 0 Å². The summed E-state index contributed by atoms with van der Waals surface area (Å²) in [5.74, 6) is -0.357. The van der Waals surface area contributed by atoms with Crippen molar-refractivity contribution in [1.29, 1.82) is 0 Å². The van der Waals surface area contributed by atoms with Gasteiger partial charge in [0, 0.05) is 34.3 Å². The van der Waals surface area contributed by atoms with Crippen molar-refractivity contribution >= 4 is 34.0 Å². The van der Waals surface area contributed by atoms with Crippen molar-refractivity contribution < 1.29 is 18.4 Å². The molecule has 172 valence electrons. The molecule has 0 radical (unpaired) electrons. The Bertz CT molecular complexity index is 1410. The molecule has 0 aliphatic carbocycles. The summed E-state index contributed by atoms with van der Waals surface area (Å²) in [4.78, 5) is 49.1. The van der Waals surface area contributed by atoms with E-state index in [1.807, 2.05) is 12.1 Å². The number of nitrogens with one attached hydrogen (secondary N) is 2. The summed E-state index contributed by atoms with van der Waals surface area (Å²) in [6.07, 6.45) is 0. The molecule has 34 heavy (non-hydrogen) atoms. The van der Waals surface area contributed by atoms with Crippen LogP contribution in [0.2, 0.25) is 0 Å². The van der Waals surface area contributed by atoms with Gasteiger partial charge in [0.05, 0.1) is 11.1 Å². The van der Waals surface area contributed by atoms with Gasteiger partial charge in [-0.1, -0.05) is 24.3 Å². The summed E-state index contributed by atoms with van der Waals surface area (Å²) >= 11 is 0. The maximum absolute atomic E-state index is 13.0. The van der Waals surface area contributed by atoms with E-state index in [0.29, 0.717) is 33.3 Å². The second-order valence-electron chi connectivity index (χ2n) is 7.97. The number of benzene rings is 2. The number of aryl methyl sites for hydroxylation is 4. The minimum atomic E-state index is -0.514. The molecule has 8 nitrogen and oxygen atoms in total. The number of fused-ring (bicyclic) bond motifs is 1. The van der Waals surface area contributed by atoms with Crippen LogP contribution in [0.25, 0.3) is 10.8 Å². The zero-order chi connectivity index (χ0) is 24.6. The van der Waals surface area contributed by atoms with Gasteiger partial charge in [0.25, 0.3) is 11.8 Å². The van der Waals surface area contributed by atoms with Crippen LogP contribution in [0.15, 0.2) is 67.0 Å². The standard InChI is InChI=1S/C26H22N2O6/c1-13-11-21(29)33-15(3)23(13)25(31)27-19-9-5-8-18-17(19)7-6-10-20(18)28-26(32)24-14(2)12-22(30)34-16(24)4/h5-12H,1-4H3,(H,27,31)(H,28,32). The van der Waals surface area contributed by atoms with Crippen LogP contribution in [-0.2, 0) is 0 Å². The zero-order valence-electron chi connectivity index (χ0n) is 19.1. The molecule has 2 aromatic carbocycles. The highest BCUT2D eigenvalue weighted by atomic mass is 16.4. The first-order chi connectivity index (χ1) is 16.2. The van der Waals surface area contributed by atoms with Crippen LogP contribution in [0.4, 0.5) is 11.4 Å². The number of anilines is 2. The van der Waals surface area contributed by atoms with Crippen LogP contribution in [0, 0.1) is 27.7 Å². The van der Waals surface area contributed by atoms with Gasteiger partial charge in [-0.15, -0.1) is 0 Å². The highest BCUT2D eigenvalue weighted by molar-refractivity contribution is 6.14. The fourth-order valence-corrected chi connectivity index (χ4v) is 4.09. The van der Waals surface area contributed by atoms with Crippen LogP contribution in [0.3, 0.4) is 0 Å². The molecule has 0 bridgehead atoms. The van der Waals surface area contributed by atoms with Crippen molar-refractivity contribution in [3.63, 3.8) is 0 Å². The molecule has 0 aliphatic heterocycles. The number of carbonyl (C=O) groups excluding carboxylic acids is 2. The Hall–Kier alpha value is -4.46. The van der Waals surface area contributed by atoms with E-state index in [1.165, 1.54) is 12.1 Å². The van der Waals surface area contributed by atoms with Gasteiger partial charge in [0.1, 0.15) is 11.5 Å². The monoisotopic (exact) mass is 458 g/mol. The maximum Gasteiger partial charge on any atom is 0.336 e. The number of hydrogen-bond donors (Lipinski definition) is 2. The predicted molar refractivity (Wildman–Crippen MR) is 129 cm³/mol. The minimum Gasteiger partial charge on any atom is -0.427 e. The Morgan fingerprint density at radius 3 is 1.38 bits per heavy atom. The van der Waals surface area contributed by atoms with Crippen molar-refractivity contribution in [2.24, 2.45) is 0 Å². The molecule has 2 heterocycles. The van der Waals surface area contributed by atoms with Gasteiger partial charge in [-0.2, -0.15) is 0 Å². The largest absolute Gasteiger partial charge is 0.427 e. The first-order valence-corrected chi connectivity index (χ1v) is 10.5. The molecule has 0 saturated heterocycles. The van der Waals surface area contributed by atoms with Crippen molar-refractivity contribution in [3.8, 4) is 0 Å². The fraction of sp³-hybridized carbons (Fsp3) is 0.154. The van der Waals surface area contributed by atoms with E-state index in [1.54, 1.807) is 52.0 Å². The summed E-state index contributed by atoms with van der Waals surface area (Å²) in [6.45, 7) is 6.47. The first-order valence-electron chi connectivity index (χ1n) is 10.5. The molecule has 4 aromatic rings. The van der Waals surface area contributed by atoms with Gasteiger partial charge < -0.3 is 19.5 Å². The van der Waals surface area contributed by atoms with Crippen molar-refractivity contribution in [3.05, 3.63) is 103 Å². The molecular weight excluding hydrogens is 436 g/mol. The van der Waals surface area contributed by atoms with E-state index in [9.17, 15) is 19.2 Å². The number of carbonyl (C=O) groups is 2. The van der Waals surface area contributed by atoms with Gasteiger partial charge in [0.15, 0.2) is 0 Å². The molecule has 0 fully saturated rings. The van der Waals surface area contributed by atoms with E-state index in [0.717, 1.165) is 0 Å². The third-order valence-corrected chi connectivity index (χ3v) is 5.54. The average Bonchev–Trinajstić information content (AvgIpc) is 2.73. The molecule has 0 saturated carbocycles. The van der Waals surface area contributed by atoms with E-state index in [4.69, 9.17) is 8.83 Å². The summed E-state index contributed by atoms with van der Waals surface area (Å²) in [5, 5.41) is 7.16. The number of rotatable bonds is 4. The highest BCUT2D eigenvalue weighted by Crippen LogP contribution is 2.30. The Labute approximate surface area is 194 Å². The lowest BCUT2D eigenvalue weighted by atomic mass is 10.0. The van der Waals surface area contributed by atoms with Crippen LogP contribution in [0.1, 0.15) is 43.4 Å².